The third-order valence-electron chi connectivity index (χ3n) is 4.30. The number of carbonyl (C=O) groups is 1. The van der Waals surface area contributed by atoms with E-state index in [0.717, 1.165) is 13.1 Å². The highest BCUT2D eigenvalue weighted by Gasteiger charge is 2.29. The van der Waals surface area contributed by atoms with Crippen LogP contribution in [0.4, 0.5) is 13.2 Å². The number of nitrogens with zero attached hydrogens (tertiary/aromatic N) is 3. The van der Waals surface area contributed by atoms with Crippen LogP contribution in [0.5, 0.6) is 11.5 Å². The van der Waals surface area contributed by atoms with Crippen LogP contribution < -0.4 is 14.0 Å². The largest absolute Gasteiger partial charge is 0.542 e. The number of hydrogen-bond acceptors (Lipinski definition) is 8. The number of hydrogen-bond donors (Lipinski definition) is 1. The van der Waals surface area contributed by atoms with Crippen molar-refractivity contribution in [1.82, 2.24) is 14.3 Å². The molecule has 190 valence electrons. The number of benzene rings is 2. The summed E-state index contributed by atoms with van der Waals surface area (Å²) >= 11 is 0. The number of carbonyl (C=O) groups excluding carboxylic acids is 1. The molecule has 14 heteroatoms. The van der Waals surface area contributed by atoms with Crippen molar-refractivity contribution in [3.8, 4) is 11.5 Å². The van der Waals surface area contributed by atoms with Crippen molar-refractivity contribution in [2.45, 2.75) is 31.5 Å². The number of alkyl halides is 3. The van der Waals surface area contributed by atoms with E-state index in [1.807, 2.05) is 30.3 Å². The Balaban J connectivity index is 0.000000540. The van der Waals surface area contributed by atoms with Gasteiger partial charge in [0.2, 0.25) is 16.7 Å². The van der Waals surface area contributed by atoms with Crippen LogP contribution in [0.2, 0.25) is 0 Å². The fourth-order valence-corrected chi connectivity index (χ4v) is 5.20. The minimum absolute atomic E-state index is 0.154. The van der Waals surface area contributed by atoms with Gasteiger partial charge in [0.25, 0.3) is 15.5 Å². The van der Waals surface area contributed by atoms with Gasteiger partial charge in [-0.3, -0.25) is 4.90 Å². The molecule has 0 spiro atoms. The van der Waals surface area contributed by atoms with Crippen molar-refractivity contribution < 1.29 is 36.2 Å². The lowest BCUT2D eigenvalue weighted by Gasteiger charge is -2.14. The zero-order valence-corrected chi connectivity index (χ0v) is 20.4. The van der Waals surface area contributed by atoms with Crippen LogP contribution in [0.25, 0.3) is 0 Å². The first-order valence-electron chi connectivity index (χ1n) is 10.2. The highest BCUT2D eigenvalue weighted by Crippen LogP contribution is 2.24. The molecule has 9 nitrogen and oxygen atoms in total. The number of carboxylic acids is 1. The molecule has 0 aliphatic carbocycles. The number of halogens is 3. The van der Waals surface area contributed by atoms with Crippen LogP contribution >= 0.6 is 10.9 Å². The van der Waals surface area contributed by atoms with Crippen LogP contribution in [0.1, 0.15) is 19.7 Å². The SMILES string of the molecule is CCN(CC)Cc1nc[s+](NS(=O)(=O)c2ccc(Oc3ccccc3)cc2)n1.O=C([O-])C(F)(F)F. The lowest BCUT2D eigenvalue weighted by molar-refractivity contribution is -0.344. The third kappa shape index (κ3) is 9.24. The normalized spacial score (nSPS) is 12.1. The van der Waals surface area contributed by atoms with Gasteiger partial charge in [-0.1, -0.05) is 32.0 Å². The zero-order chi connectivity index (χ0) is 26.1. The highest BCUT2D eigenvalue weighted by molar-refractivity contribution is 7.96. The van der Waals surface area contributed by atoms with Gasteiger partial charge in [0.05, 0.1) is 11.4 Å². The molecule has 3 rings (SSSR count). The Kier molecular flexibility index (Phi) is 10.1. The molecule has 0 saturated heterocycles. The van der Waals surface area contributed by atoms with E-state index < -0.39 is 33.0 Å². The van der Waals surface area contributed by atoms with E-state index in [1.165, 1.54) is 12.1 Å². The molecule has 0 fully saturated rings. The van der Waals surface area contributed by atoms with Crippen molar-refractivity contribution >= 4 is 26.8 Å². The maximum absolute atomic E-state index is 12.6. The number of aliphatic carboxylic acids is 1. The average Bonchev–Trinajstić information content (AvgIpc) is 3.24. The quantitative estimate of drug-likeness (QED) is 0.417. The van der Waals surface area contributed by atoms with E-state index in [1.54, 1.807) is 17.6 Å². The summed E-state index contributed by atoms with van der Waals surface area (Å²) in [6, 6.07) is 15.6. The Bertz CT molecular complexity index is 1180. The van der Waals surface area contributed by atoms with Gasteiger partial charge in [0.1, 0.15) is 17.5 Å². The van der Waals surface area contributed by atoms with Crippen molar-refractivity contribution in [1.29, 1.82) is 0 Å². The standard InChI is InChI=1S/C19H22N4O3S2.C2HF3O2/c1-3-23(4-2)14-19-20-15-27(21-19)22-28(24,25)18-12-10-17(11-13-18)26-16-8-6-5-7-9-16;3-2(4,5)1(6)7/h5-13,15H,3-4,14H2,1-2H3;(H,6,7). The van der Waals surface area contributed by atoms with Crippen LogP contribution in [0.15, 0.2) is 65.0 Å². The fraction of sp³-hybridized carbons (Fsp3) is 0.286. The van der Waals surface area contributed by atoms with Gasteiger partial charge in [-0.25, -0.2) is 8.42 Å². The van der Waals surface area contributed by atoms with Gasteiger partial charge in [-0.15, -0.1) is 0 Å². The summed E-state index contributed by atoms with van der Waals surface area (Å²) in [7, 11) is -4.69. The number of sulfonamides is 1. The highest BCUT2D eigenvalue weighted by atomic mass is 32.3. The van der Waals surface area contributed by atoms with Crippen molar-refractivity contribution in [2.75, 3.05) is 17.2 Å². The molecule has 0 bridgehead atoms. The molecule has 1 unspecified atom stereocenters. The Labute approximate surface area is 203 Å². The summed E-state index contributed by atoms with van der Waals surface area (Å²) in [5, 5.41) is 8.78. The summed E-state index contributed by atoms with van der Waals surface area (Å²) in [5.41, 5.74) is 1.54. The molecule has 3 aromatic rings. The van der Waals surface area contributed by atoms with Gasteiger partial charge in [0.15, 0.2) is 0 Å². The first kappa shape index (κ1) is 28.2. The van der Waals surface area contributed by atoms with Gasteiger partial charge < -0.3 is 14.6 Å². The maximum atomic E-state index is 12.6. The molecule has 35 heavy (non-hydrogen) atoms. The van der Waals surface area contributed by atoms with Crippen molar-refractivity contribution in [3.05, 3.63) is 65.9 Å². The lowest BCUT2D eigenvalue weighted by atomic mass is 10.3. The summed E-state index contributed by atoms with van der Waals surface area (Å²) in [6.07, 6.45) is -5.19. The number of rotatable bonds is 9. The molecule has 1 atom stereocenters. The predicted octanol–water partition coefficient (Wildman–Crippen LogP) is 3.09. The van der Waals surface area contributed by atoms with Crippen molar-refractivity contribution in [2.24, 2.45) is 0 Å². The molecule has 2 aromatic carbocycles. The monoisotopic (exact) mass is 532 g/mol. The number of para-hydroxylation sites is 1. The molecular formula is C21H23F3N4O5S2. The van der Waals surface area contributed by atoms with Gasteiger partial charge in [0, 0.05) is 8.50 Å². The van der Waals surface area contributed by atoms with Gasteiger partial charge >= 0.3 is 6.18 Å². The summed E-state index contributed by atoms with van der Waals surface area (Å²) in [5.74, 6) is -1.11. The number of carboxylic acid groups (broad SMARTS) is 1. The van der Waals surface area contributed by atoms with Crippen molar-refractivity contribution in [3.63, 3.8) is 0 Å². The Morgan fingerprint density at radius 3 is 2.11 bits per heavy atom. The van der Waals surface area contributed by atoms with Gasteiger partial charge in [-0.05, 0) is 49.5 Å². The summed E-state index contributed by atoms with van der Waals surface area (Å²) < 4.78 is 69.4. The molecular weight excluding hydrogens is 509 g/mol. The van der Waals surface area contributed by atoms with E-state index in [2.05, 4.69) is 32.2 Å². The van der Waals surface area contributed by atoms with E-state index in [9.17, 15) is 21.6 Å². The maximum Gasteiger partial charge on any atom is 0.430 e. The average molecular weight is 533 g/mol. The summed E-state index contributed by atoms with van der Waals surface area (Å²) in [4.78, 5) is 15.3. The summed E-state index contributed by atoms with van der Waals surface area (Å²) in [6.45, 7) is 6.52. The third-order valence-corrected chi connectivity index (χ3v) is 7.47. The molecule has 0 saturated carbocycles. The number of nitrogens with one attached hydrogen (secondary N) is 1. The predicted molar refractivity (Wildman–Crippen MR) is 122 cm³/mol. The molecule has 1 aromatic heterocycles. The second kappa shape index (κ2) is 12.6. The van der Waals surface area contributed by atoms with Crippen LogP contribution in [-0.2, 0) is 21.4 Å². The van der Waals surface area contributed by atoms with E-state index in [4.69, 9.17) is 14.6 Å². The van der Waals surface area contributed by atoms with E-state index in [0.29, 0.717) is 23.9 Å². The van der Waals surface area contributed by atoms with E-state index >= 15 is 0 Å². The fourth-order valence-electron chi connectivity index (χ4n) is 2.50. The molecule has 0 aliphatic heterocycles. The number of aromatic nitrogens is 2. The Morgan fingerprint density at radius 1 is 1.06 bits per heavy atom. The molecule has 0 amide bonds. The minimum Gasteiger partial charge on any atom is -0.542 e. The smallest absolute Gasteiger partial charge is 0.430 e. The second-order valence-electron chi connectivity index (χ2n) is 6.78. The minimum atomic E-state index is -5.19. The van der Waals surface area contributed by atoms with Crippen LogP contribution in [-0.4, -0.2) is 47.9 Å². The Hall–Kier alpha value is -3.07. The molecule has 0 aliphatic rings. The molecule has 1 heterocycles. The topological polar surface area (TPSA) is 125 Å². The molecule has 1 N–H and O–H groups in total. The second-order valence-corrected chi connectivity index (χ2v) is 9.94. The lowest BCUT2D eigenvalue weighted by Crippen LogP contribution is -2.37. The zero-order valence-electron chi connectivity index (χ0n) is 18.7. The van der Waals surface area contributed by atoms with Crippen LogP contribution in [0, 0.1) is 0 Å². The first-order valence-corrected chi connectivity index (χ1v) is 12.9. The molecule has 0 radical (unpaired) electrons. The first-order chi connectivity index (χ1) is 16.4. The van der Waals surface area contributed by atoms with Gasteiger partial charge in [-0.2, -0.15) is 18.2 Å². The van der Waals surface area contributed by atoms with Crippen LogP contribution in [0.3, 0.4) is 0 Å². The Morgan fingerprint density at radius 2 is 1.60 bits per heavy atom. The number of ether oxygens (including phenoxy) is 1. The van der Waals surface area contributed by atoms with E-state index in [-0.39, 0.29) is 4.90 Å².